The quantitative estimate of drug-likeness (QED) is 0.0522. The molecule has 4 atom stereocenters. The Labute approximate surface area is 302 Å². The van der Waals surface area contributed by atoms with Gasteiger partial charge in [-0.05, 0) is 37.3 Å². The summed E-state index contributed by atoms with van der Waals surface area (Å²) in [5.41, 5.74) is 0. The average molecular weight is 701 g/mol. The molecule has 278 valence electrons. The molecule has 0 aromatic heterocycles. The normalized spacial score (nSPS) is 19.6. The Kier molecular flexibility index (Phi) is 31.2. The van der Waals surface area contributed by atoms with Gasteiger partial charge < -0.3 is 24.4 Å². The number of rotatable bonds is 33. The minimum absolute atomic E-state index is 0.145. The minimum atomic E-state index is -1.10. The van der Waals surface area contributed by atoms with Gasteiger partial charge in [0.2, 0.25) is 0 Å². The van der Waals surface area contributed by atoms with Crippen LogP contribution in [-0.2, 0) is 14.2 Å². The van der Waals surface area contributed by atoms with Crippen molar-refractivity contribution in [2.24, 2.45) is 0 Å². The van der Waals surface area contributed by atoms with Gasteiger partial charge in [-0.2, -0.15) is 0 Å². The maximum Gasteiger partial charge on any atom is 0.160 e. The molecule has 1 heterocycles. The van der Waals surface area contributed by atoms with E-state index in [9.17, 15) is 10.2 Å². The maximum absolute atomic E-state index is 10.7. The summed E-state index contributed by atoms with van der Waals surface area (Å²) < 4.78 is 17.4. The SMILES string of the molecule is CCCCCCCCCCCCCCCCC(=S)OC[C@@H]1OC[C@@H](OC(=S)CCCCCCCCCCCCCCCC)[C@H](O)[C@H]1O. The van der Waals surface area contributed by atoms with Crippen molar-refractivity contribution in [2.75, 3.05) is 13.2 Å². The molecule has 1 fully saturated rings. The van der Waals surface area contributed by atoms with Crippen molar-refractivity contribution in [3.05, 3.63) is 0 Å². The second kappa shape index (κ2) is 32.8. The van der Waals surface area contributed by atoms with Gasteiger partial charge in [0.15, 0.2) is 16.2 Å². The molecule has 5 nitrogen and oxygen atoms in total. The zero-order chi connectivity index (χ0) is 34.2. The molecule has 0 aromatic rings. The second-order valence-electron chi connectivity index (χ2n) is 14.3. The first-order valence-electron chi connectivity index (χ1n) is 20.3. The highest BCUT2D eigenvalue weighted by Gasteiger charge is 2.40. The van der Waals surface area contributed by atoms with E-state index in [0.29, 0.717) is 16.5 Å². The first-order chi connectivity index (χ1) is 23.0. The van der Waals surface area contributed by atoms with Crippen LogP contribution < -0.4 is 0 Å². The zero-order valence-corrected chi connectivity index (χ0v) is 32.5. The lowest BCUT2D eigenvalue weighted by Gasteiger charge is -2.37. The standard InChI is InChI=1S/C40H76O5S2/c1-3-5-7-9-11-13-15-17-19-21-23-25-27-29-31-37(46)44-33-35-39(41)40(42)36(34-43-35)45-38(47)32-30-28-26-24-22-20-18-16-14-12-10-8-6-4-2/h35-36,39-42H,3-34H2,1-2H3/t35-,36+,39-,40-/m0/s1. The van der Waals surface area contributed by atoms with Gasteiger partial charge in [0.25, 0.3) is 0 Å². The molecule has 0 bridgehead atoms. The number of aliphatic hydroxyl groups excluding tert-OH is 2. The fourth-order valence-electron chi connectivity index (χ4n) is 6.51. The minimum Gasteiger partial charge on any atom is -0.484 e. The number of hydrogen-bond acceptors (Lipinski definition) is 7. The van der Waals surface area contributed by atoms with E-state index in [1.54, 1.807) is 0 Å². The van der Waals surface area contributed by atoms with Crippen molar-refractivity contribution in [1.82, 2.24) is 0 Å². The van der Waals surface area contributed by atoms with E-state index in [1.165, 1.54) is 161 Å². The summed E-state index contributed by atoms with van der Waals surface area (Å²) in [6, 6.07) is 0. The van der Waals surface area contributed by atoms with Gasteiger partial charge in [-0.3, -0.25) is 0 Å². The van der Waals surface area contributed by atoms with Crippen molar-refractivity contribution < 1.29 is 24.4 Å². The monoisotopic (exact) mass is 701 g/mol. The van der Waals surface area contributed by atoms with Crippen LogP contribution in [0.25, 0.3) is 0 Å². The zero-order valence-electron chi connectivity index (χ0n) is 30.9. The van der Waals surface area contributed by atoms with Crippen molar-refractivity contribution in [1.29, 1.82) is 0 Å². The van der Waals surface area contributed by atoms with Crippen molar-refractivity contribution in [3.8, 4) is 0 Å². The molecular weight excluding hydrogens is 625 g/mol. The fourth-order valence-corrected chi connectivity index (χ4v) is 6.99. The first-order valence-corrected chi connectivity index (χ1v) is 21.1. The molecule has 0 saturated carbocycles. The molecule has 0 radical (unpaired) electrons. The molecule has 0 unspecified atom stereocenters. The van der Waals surface area contributed by atoms with Crippen LogP contribution in [0.15, 0.2) is 0 Å². The van der Waals surface area contributed by atoms with Gasteiger partial charge in [-0.25, -0.2) is 0 Å². The number of ether oxygens (including phenoxy) is 3. The predicted molar refractivity (Wildman–Crippen MR) is 208 cm³/mol. The topological polar surface area (TPSA) is 68.2 Å². The van der Waals surface area contributed by atoms with E-state index in [4.69, 9.17) is 38.6 Å². The Morgan fingerprint density at radius 3 is 1.23 bits per heavy atom. The van der Waals surface area contributed by atoms with Crippen molar-refractivity contribution in [2.45, 2.75) is 231 Å². The molecular formula is C40H76O5S2. The summed E-state index contributed by atoms with van der Waals surface area (Å²) in [4.78, 5) is 0. The Hall–Kier alpha value is -0.340. The van der Waals surface area contributed by atoms with E-state index in [0.717, 1.165) is 25.7 Å². The molecule has 2 N–H and O–H groups in total. The highest BCUT2D eigenvalue weighted by molar-refractivity contribution is 7.80. The number of unbranched alkanes of at least 4 members (excludes halogenated alkanes) is 26. The first kappa shape index (κ1) is 44.7. The van der Waals surface area contributed by atoms with Crippen LogP contribution in [0.4, 0.5) is 0 Å². The maximum atomic E-state index is 10.7. The van der Waals surface area contributed by atoms with Crippen LogP contribution in [0.1, 0.15) is 206 Å². The van der Waals surface area contributed by atoms with E-state index in [2.05, 4.69) is 13.8 Å². The Bertz CT molecular complexity index is 719. The third kappa shape index (κ3) is 26.2. The molecule has 0 spiro atoms. The van der Waals surface area contributed by atoms with E-state index >= 15 is 0 Å². The van der Waals surface area contributed by atoms with Gasteiger partial charge in [-0.1, -0.05) is 181 Å². The summed E-state index contributed by atoms with van der Waals surface area (Å²) in [5.74, 6) is 0. The van der Waals surface area contributed by atoms with Crippen molar-refractivity contribution in [3.63, 3.8) is 0 Å². The van der Waals surface area contributed by atoms with Gasteiger partial charge in [0, 0.05) is 12.8 Å². The van der Waals surface area contributed by atoms with Crippen LogP contribution in [0.3, 0.4) is 0 Å². The molecule has 1 saturated heterocycles. The highest BCUT2D eigenvalue weighted by atomic mass is 32.1. The van der Waals surface area contributed by atoms with Crippen LogP contribution >= 0.6 is 24.4 Å². The highest BCUT2D eigenvalue weighted by Crippen LogP contribution is 2.21. The third-order valence-corrected chi connectivity index (χ3v) is 10.4. The van der Waals surface area contributed by atoms with Crippen molar-refractivity contribution >= 4 is 34.5 Å². The predicted octanol–water partition coefficient (Wildman–Crippen LogP) is 11.9. The van der Waals surface area contributed by atoms with Crippen LogP contribution in [0.2, 0.25) is 0 Å². The number of aliphatic hydroxyl groups is 2. The average Bonchev–Trinajstić information content (AvgIpc) is 3.06. The molecule has 7 heteroatoms. The van der Waals surface area contributed by atoms with Crippen LogP contribution in [0, 0.1) is 0 Å². The van der Waals surface area contributed by atoms with Crippen LogP contribution in [-0.4, -0.2) is 57.9 Å². The van der Waals surface area contributed by atoms with Gasteiger partial charge in [0.1, 0.15) is 24.9 Å². The Balaban J connectivity index is 1.97. The van der Waals surface area contributed by atoms with Crippen LogP contribution in [0.5, 0.6) is 0 Å². The van der Waals surface area contributed by atoms with Gasteiger partial charge >= 0.3 is 0 Å². The molecule has 0 aromatic carbocycles. The molecule has 47 heavy (non-hydrogen) atoms. The third-order valence-electron chi connectivity index (χ3n) is 9.75. The lowest BCUT2D eigenvalue weighted by Crippen LogP contribution is -2.55. The molecule has 0 aliphatic carbocycles. The lowest BCUT2D eigenvalue weighted by atomic mass is 10.0. The smallest absolute Gasteiger partial charge is 0.160 e. The van der Waals surface area contributed by atoms with E-state index in [-0.39, 0.29) is 13.2 Å². The number of thiocarbonyl (C=S) groups is 2. The Morgan fingerprint density at radius 1 is 0.511 bits per heavy atom. The summed E-state index contributed by atoms with van der Waals surface area (Å²) in [6.07, 6.45) is 35.1. The summed E-state index contributed by atoms with van der Waals surface area (Å²) >= 11 is 10.8. The largest absolute Gasteiger partial charge is 0.484 e. The van der Waals surface area contributed by atoms with E-state index in [1.807, 2.05) is 0 Å². The molecule has 1 aliphatic heterocycles. The fraction of sp³-hybridized carbons (Fsp3) is 0.950. The second-order valence-corrected chi connectivity index (χ2v) is 15.2. The van der Waals surface area contributed by atoms with Gasteiger partial charge in [0.05, 0.1) is 6.61 Å². The number of hydrogen-bond donors (Lipinski definition) is 2. The van der Waals surface area contributed by atoms with E-state index < -0.39 is 24.4 Å². The molecule has 1 aliphatic rings. The molecule has 1 rings (SSSR count). The lowest BCUT2D eigenvalue weighted by molar-refractivity contribution is -0.190. The van der Waals surface area contributed by atoms with Gasteiger partial charge in [-0.15, -0.1) is 0 Å². The molecule has 0 amide bonds. The summed E-state index contributed by atoms with van der Waals surface area (Å²) in [7, 11) is 0. The summed E-state index contributed by atoms with van der Waals surface area (Å²) in [5, 5.41) is 22.3. The summed E-state index contributed by atoms with van der Waals surface area (Å²) in [6.45, 7) is 4.87. The Morgan fingerprint density at radius 2 is 0.851 bits per heavy atom.